The standard InChI is InChI=1S/C79H136O16P2/c1-4-7-10-13-16-19-22-25-27-29-30-31-32-33-34-35-36-37-38-39-40-41-42-44-46-48-50-53-56-59-62-65-77(82)89-68-74(80)69-91-96(85,86)92-70-75(81)71-93-97(87,88)94-73-76(95-79(84)67-64-61-58-55-52-47-24-21-18-15-12-9-6-3)72-90-78(83)66-63-60-57-54-51-49-45-43-28-26-23-20-17-14-11-8-5-2/h7-8,10-11,16-17,19-21,24-28,30-31,33-34,36-37,74-76,80-81H,4-6,9,12-15,18,22-23,29,32,35,38-73H2,1-3H3,(H,85,86)(H,87,88)/b10-7-,11-8-,19-16-,20-17-,24-21-,27-25-,28-26-,31-30-,34-33-,37-36-. The molecular weight excluding hydrogens is 1270 g/mol. The molecule has 0 spiro atoms. The monoisotopic (exact) mass is 1400 g/mol. The number of ether oxygens (including phenoxy) is 3. The van der Waals surface area contributed by atoms with Crippen molar-refractivity contribution >= 4 is 33.6 Å². The summed E-state index contributed by atoms with van der Waals surface area (Å²) < 4.78 is 61.0. The third kappa shape index (κ3) is 73.0. The van der Waals surface area contributed by atoms with Crippen LogP contribution in [-0.2, 0) is 55.8 Å². The van der Waals surface area contributed by atoms with Gasteiger partial charge in [0.2, 0.25) is 0 Å². The second kappa shape index (κ2) is 71.8. The number of aliphatic hydroxyl groups excluding tert-OH is 2. The molecule has 5 unspecified atom stereocenters. The highest BCUT2D eigenvalue weighted by molar-refractivity contribution is 7.47. The minimum Gasteiger partial charge on any atom is -0.463 e. The number of esters is 3. The summed E-state index contributed by atoms with van der Waals surface area (Å²) in [6, 6.07) is 0. The highest BCUT2D eigenvalue weighted by Gasteiger charge is 2.29. The molecule has 0 aliphatic heterocycles. The number of hydrogen-bond acceptors (Lipinski definition) is 14. The molecule has 558 valence electrons. The molecule has 16 nitrogen and oxygen atoms in total. The summed E-state index contributed by atoms with van der Waals surface area (Å²) in [7, 11) is -9.78. The van der Waals surface area contributed by atoms with Gasteiger partial charge < -0.3 is 34.2 Å². The second-order valence-corrected chi connectivity index (χ2v) is 27.9. The van der Waals surface area contributed by atoms with E-state index in [4.69, 9.17) is 32.3 Å². The third-order valence-corrected chi connectivity index (χ3v) is 17.6. The molecule has 0 aliphatic carbocycles. The summed E-state index contributed by atoms with van der Waals surface area (Å²) in [6.07, 6.45) is 84.0. The number of phosphoric acid groups is 2. The lowest BCUT2D eigenvalue weighted by Gasteiger charge is -2.21. The van der Waals surface area contributed by atoms with Crippen LogP contribution in [0, 0.1) is 0 Å². The fraction of sp³-hybridized carbons (Fsp3) is 0.709. The van der Waals surface area contributed by atoms with Crippen LogP contribution in [0.25, 0.3) is 0 Å². The number of carbonyl (C=O) groups is 3. The van der Waals surface area contributed by atoms with Crippen LogP contribution < -0.4 is 0 Å². The predicted molar refractivity (Wildman–Crippen MR) is 399 cm³/mol. The van der Waals surface area contributed by atoms with Crippen LogP contribution in [0.5, 0.6) is 0 Å². The van der Waals surface area contributed by atoms with E-state index in [2.05, 4.69) is 142 Å². The van der Waals surface area contributed by atoms with Gasteiger partial charge in [0.15, 0.2) is 6.10 Å². The van der Waals surface area contributed by atoms with E-state index in [1.54, 1.807) is 0 Å². The van der Waals surface area contributed by atoms with Gasteiger partial charge in [0.25, 0.3) is 0 Å². The largest absolute Gasteiger partial charge is 0.472 e. The first-order chi connectivity index (χ1) is 47.2. The second-order valence-electron chi connectivity index (χ2n) is 25.0. The van der Waals surface area contributed by atoms with Crippen LogP contribution in [0.2, 0.25) is 0 Å². The van der Waals surface area contributed by atoms with Gasteiger partial charge in [-0.1, -0.05) is 277 Å². The summed E-state index contributed by atoms with van der Waals surface area (Å²) >= 11 is 0. The molecule has 0 saturated carbocycles. The van der Waals surface area contributed by atoms with E-state index >= 15 is 0 Å². The van der Waals surface area contributed by atoms with E-state index in [-0.39, 0.29) is 19.3 Å². The van der Waals surface area contributed by atoms with E-state index in [0.29, 0.717) is 19.3 Å². The number of aliphatic hydroxyl groups is 2. The molecule has 0 aromatic rings. The summed E-state index contributed by atoms with van der Waals surface area (Å²) in [5.74, 6) is -1.59. The zero-order chi connectivity index (χ0) is 70.9. The molecule has 0 radical (unpaired) electrons. The number of unbranched alkanes of at least 4 members (excludes halogenated alkanes) is 28. The maximum atomic E-state index is 12.9. The van der Waals surface area contributed by atoms with Crippen LogP contribution in [0.15, 0.2) is 122 Å². The molecule has 0 aromatic carbocycles. The molecule has 0 aromatic heterocycles. The van der Waals surface area contributed by atoms with Gasteiger partial charge in [-0.2, -0.15) is 0 Å². The van der Waals surface area contributed by atoms with E-state index in [0.717, 1.165) is 167 Å². The maximum Gasteiger partial charge on any atom is 0.472 e. The van der Waals surface area contributed by atoms with Gasteiger partial charge in [-0.15, -0.1) is 0 Å². The molecule has 97 heavy (non-hydrogen) atoms. The Morgan fingerprint density at radius 1 is 0.299 bits per heavy atom. The number of carbonyl (C=O) groups excluding carboxylic acids is 3. The molecule has 18 heteroatoms. The lowest BCUT2D eigenvalue weighted by Crippen LogP contribution is -2.30. The highest BCUT2D eigenvalue weighted by Crippen LogP contribution is 2.45. The lowest BCUT2D eigenvalue weighted by molar-refractivity contribution is -0.161. The minimum absolute atomic E-state index is 0.0916. The summed E-state index contributed by atoms with van der Waals surface area (Å²) in [6.45, 7) is 2.42. The Morgan fingerprint density at radius 3 is 0.876 bits per heavy atom. The Bertz CT molecular complexity index is 2250. The van der Waals surface area contributed by atoms with Crippen molar-refractivity contribution in [3.63, 3.8) is 0 Å². The number of phosphoric ester groups is 2. The summed E-state index contributed by atoms with van der Waals surface area (Å²) in [5, 5.41) is 20.6. The minimum atomic E-state index is -4.93. The fourth-order valence-corrected chi connectivity index (χ4v) is 11.5. The molecular formula is C79H136O16P2. The lowest BCUT2D eigenvalue weighted by atomic mass is 10.0. The van der Waals surface area contributed by atoms with Gasteiger partial charge in [-0.3, -0.25) is 32.5 Å². The molecule has 5 atom stereocenters. The fourth-order valence-electron chi connectivity index (χ4n) is 9.94. The zero-order valence-corrected chi connectivity index (χ0v) is 62.5. The molecule has 0 bridgehead atoms. The normalized spacial score (nSPS) is 14.8. The van der Waals surface area contributed by atoms with E-state index in [1.165, 1.54) is 77.0 Å². The topological polar surface area (TPSA) is 231 Å². The maximum absolute atomic E-state index is 12.9. The van der Waals surface area contributed by atoms with Crippen molar-refractivity contribution in [2.45, 2.75) is 322 Å². The van der Waals surface area contributed by atoms with Gasteiger partial charge in [0.1, 0.15) is 25.4 Å². The SMILES string of the molecule is CC/C=C\C/C=C\C/C=C\C/C=C\C/C=C\C/C=C\CCCCCCCCCCCCCCC(=O)OCC(O)COP(=O)(O)OCC(O)COP(=O)(O)OCC(COC(=O)CCCCCCCCC/C=C\C/C=C\C/C=C\CC)OC(=O)CCCCCCC/C=C\CCCCCC. The molecule has 0 rings (SSSR count). The van der Waals surface area contributed by atoms with Crippen molar-refractivity contribution in [3.8, 4) is 0 Å². The van der Waals surface area contributed by atoms with Crippen molar-refractivity contribution < 1.29 is 75.8 Å². The van der Waals surface area contributed by atoms with Crippen molar-refractivity contribution in [2.75, 3.05) is 39.6 Å². The molecule has 0 amide bonds. The predicted octanol–water partition coefficient (Wildman–Crippen LogP) is 21.8. The van der Waals surface area contributed by atoms with E-state index in [9.17, 15) is 43.5 Å². The summed E-state index contributed by atoms with van der Waals surface area (Å²) in [5.41, 5.74) is 0. The van der Waals surface area contributed by atoms with Crippen LogP contribution >= 0.6 is 15.6 Å². The first-order valence-electron chi connectivity index (χ1n) is 37.8. The Morgan fingerprint density at radius 2 is 0.546 bits per heavy atom. The van der Waals surface area contributed by atoms with Crippen molar-refractivity contribution in [1.82, 2.24) is 0 Å². The van der Waals surface area contributed by atoms with Crippen LogP contribution in [-0.4, -0.2) is 95.9 Å². The van der Waals surface area contributed by atoms with Crippen molar-refractivity contribution in [2.24, 2.45) is 0 Å². The Labute approximate surface area is 589 Å². The number of hydrogen-bond donors (Lipinski definition) is 4. The number of rotatable bonds is 71. The zero-order valence-electron chi connectivity index (χ0n) is 60.7. The molecule has 4 N–H and O–H groups in total. The highest BCUT2D eigenvalue weighted by atomic mass is 31.2. The van der Waals surface area contributed by atoms with Gasteiger partial charge in [0, 0.05) is 19.3 Å². The molecule has 0 saturated heterocycles. The van der Waals surface area contributed by atoms with Gasteiger partial charge in [-0.25, -0.2) is 9.13 Å². The Hall–Kier alpha value is -4.05. The first-order valence-corrected chi connectivity index (χ1v) is 40.8. The first kappa shape index (κ1) is 93.0. The average molecular weight is 1400 g/mol. The number of allylic oxidation sites excluding steroid dienone is 20. The quantitative estimate of drug-likeness (QED) is 0.0146. The average Bonchev–Trinajstić information content (AvgIpc) is 1.62. The van der Waals surface area contributed by atoms with Crippen LogP contribution in [0.3, 0.4) is 0 Å². The van der Waals surface area contributed by atoms with Gasteiger partial charge >= 0.3 is 33.6 Å². The van der Waals surface area contributed by atoms with Crippen molar-refractivity contribution in [1.29, 1.82) is 0 Å². The van der Waals surface area contributed by atoms with Gasteiger partial charge in [-0.05, 0) is 128 Å². The van der Waals surface area contributed by atoms with E-state index < -0.39 is 91.5 Å². The smallest absolute Gasteiger partial charge is 0.463 e. The summed E-state index contributed by atoms with van der Waals surface area (Å²) in [4.78, 5) is 58.5. The Kier molecular flexibility index (Phi) is 68.8. The molecule has 0 fully saturated rings. The van der Waals surface area contributed by atoms with Crippen LogP contribution in [0.1, 0.15) is 303 Å². The Balaban J connectivity index is 4.44. The molecule has 0 heterocycles. The van der Waals surface area contributed by atoms with Gasteiger partial charge in [0.05, 0.1) is 26.4 Å². The van der Waals surface area contributed by atoms with E-state index in [1.807, 2.05) is 0 Å². The van der Waals surface area contributed by atoms with Crippen LogP contribution in [0.4, 0.5) is 0 Å². The third-order valence-electron chi connectivity index (χ3n) is 15.7. The van der Waals surface area contributed by atoms with Crippen molar-refractivity contribution in [3.05, 3.63) is 122 Å². The molecule has 0 aliphatic rings.